The van der Waals surface area contributed by atoms with E-state index in [4.69, 9.17) is 4.74 Å². The Bertz CT molecular complexity index is 433. The first-order chi connectivity index (χ1) is 9.72. The monoisotopic (exact) mass is 277 g/mol. The van der Waals surface area contributed by atoms with Crippen molar-refractivity contribution in [2.24, 2.45) is 0 Å². The van der Waals surface area contributed by atoms with Crippen molar-refractivity contribution in [1.82, 2.24) is 10.2 Å². The molecule has 1 fully saturated rings. The second kappa shape index (κ2) is 7.14. The summed E-state index contributed by atoms with van der Waals surface area (Å²) in [5.74, 6) is 0.778. The molecule has 0 saturated carbocycles. The SMILES string of the molecule is CCN1CCCC1CNC(=O)Nc1ccc(OC)cc1. The van der Waals surface area contributed by atoms with Crippen molar-refractivity contribution < 1.29 is 9.53 Å². The average Bonchev–Trinajstić information content (AvgIpc) is 2.93. The van der Waals surface area contributed by atoms with Gasteiger partial charge in [0.2, 0.25) is 0 Å². The second-order valence-electron chi connectivity index (χ2n) is 4.99. The van der Waals surface area contributed by atoms with Gasteiger partial charge in [-0.25, -0.2) is 4.79 Å². The minimum Gasteiger partial charge on any atom is -0.497 e. The highest BCUT2D eigenvalue weighted by Gasteiger charge is 2.22. The van der Waals surface area contributed by atoms with Gasteiger partial charge in [0.05, 0.1) is 7.11 Å². The summed E-state index contributed by atoms with van der Waals surface area (Å²) in [6.45, 7) is 5.06. The number of likely N-dealkylation sites (tertiary alicyclic amines) is 1. The van der Waals surface area contributed by atoms with Gasteiger partial charge in [-0.05, 0) is 50.2 Å². The predicted octanol–water partition coefficient (Wildman–Crippen LogP) is 2.30. The molecule has 2 rings (SSSR count). The first kappa shape index (κ1) is 14.7. The number of ether oxygens (including phenoxy) is 1. The molecule has 1 aromatic carbocycles. The van der Waals surface area contributed by atoms with E-state index < -0.39 is 0 Å². The highest BCUT2D eigenvalue weighted by atomic mass is 16.5. The van der Waals surface area contributed by atoms with Gasteiger partial charge in [0.25, 0.3) is 0 Å². The predicted molar refractivity (Wildman–Crippen MR) is 80.3 cm³/mol. The van der Waals surface area contributed by atoms with Crippen LogP contribution in [0.1, 0.15) is 19.8 Å². The molecule has 5 heteroatoms. The minimum absolute atomic E-state index is 0.155. The van der Waals surface area contributed by atoms with Gasteiger partial charge in [-0.15, -0.1) is 0 Å². The molecule has 0 bridgehead atoms. The van der Waals surface area contributed by atoms with Crippen LogP contribution in [0.25, 0.3) is 0 Å². The van der Waals surface area contributed by atoms with Crippen molar-refractivity contribution in [3.05, 3.63) is 24.3 Å². The Kier molecular flexibility index (Phi) is 5.24. The summed E-state index contributed by atoms with van der Waals surface area (Å²) in [6.07, 6.45) is 2.39. The maximum absolute atomic E-state index is 11.8. The molecule has 0 radical (unpaired) electrons. The normalized spacial score (nSPS) is 18.8. The van der Waals surface area contributed by atoms with Crippen LogP contribution in [0.2, 0.25) is 0 Å². The van der Waals surface area contributed by atoms with Crippen LogP contribution in [-0.2, 0) is 0 Å². The van der Waals surface area contributed by atoms with Crippen molar-refractivity contribution in [1.29, 1.82) is 0 Å². The quantitative estimate of drug-likeness (QED) is 0.868. The van der Waals surface area contributed by atoms with Gasteiger partial charge in [-0.1, -0.05) is 6.92 Å². The lowest BCUT2D eigenvalue weighted by Gasteiger charge is -2.22. The molecule has 2 amide bonds. The number of nitrogens with zero attached hydrogens (tertiary/aromatic N) is 1. The number of likely N-dealkylation sites (N-methyl/N-ethyl adjacent to an activating group) is 1. The van der Waals surface area contributed by atoms with Crippen LogP contribution in [0.3, 0.4) is 0 Å². The molecule has 1 unspecified atom stereocenters. The molecule has 1 saturated heterocycles. The zero-order chi connectivity index (χ0) is 14.4. The van der Waals surface area contributed by atoms with Crippen LogP contribution < -0.4 is 15.4 Å². The Hall–Kier alpha value is -1.75. The van der Waals surface area contributed by atoms with Crippen LogP contribution in [-0.4, -0.2) is 43.7 Å². The number of anilines is 1. The van der Waals surface area contributed by atoms with Gasteiger partial charge in [-0.3, -0.25) is 4.90 Å². The molecule has 0 spiro atoms. The van der Waals surface area contributed by atoms with E-state index in [1.54, 1.807) is 7.11 Å². The standard InChI is InChI=1S/C15H23N3O2/c1-3-18-10-4-5-13(18)11-16-15(19)17-12-6-8-14(20-2)9-7-12/h6-9,13H,3-5,10-11H2,1-2H3,(H2,16,17,19). The maximum atomic E-state index is 11.8. The fourth-order valence-corrected chi connectivity index (χ4v) is 2.60. The summed E-state index contributed by atoms with van der Waals surface area (Å²) in [4.78, 5) is 14.3. The number of carbonyl (C=O) groups excluding carboxylic acids is 1. The summed E-state index contributed by atoms with van der Waals surface area (Å²) in [5, 5.41) is 5.77. The smallest absolute Gasteiger partial charge is 0.319 e. The Morgan fingerprint density at radius 1 is 1.40 bits per heavy atom. The molecule has 110 valence electrons. The van der Waals surface area contributed by atoms with Gasteiger partial charge in [0.15, 0.2) is 0 Å². The Labute approximate surface area is 120 Å². The number of benzene rings is 1. The van der Waals surface area contributed by atoms with Crippen molar-refractivity contribution in [2.45, 2.75) is 25.8 Å². The molecule has 2 N–H and O–H groups in total. The van der Waals surface area contributed by atoms with E-state index in [-0.39, 0.29) is 6.03 Å². The number of urea groups is 1. The first-order valence-electron chi connectivity index (χ1n) is 7.16. The van der Waals surface area contributed by atoms with Crippen LogP contribution in [0.15, 0.2) is 24.3 Å². The zero-order valence-corrected chi connectivity index (χ0v) is 12.2. The van der Waals surface area contributed by atoms with Gasteiger partial charge in [0.1, 0.15) is 5.75 Å². The van der Waals surface area contributed by atoms with Crippen molar-refractivity contribution >= 4 is 11.7 Å². The Morgan fingerprint density at radius 2 is 2.15 bits per heavy atom. The van der Waals surface area contributed by atoms with E-state index in [9.17, 15) is 4.79 Å². The van der Waals surface area contributed by atoms with Crippen LogP contribution in [0.4, 0.5) is 10.5 Å². The van der Waals surface area contributed by atoms with E-state index >= 15 is 0 Å². The first-order valence-corrected chi connectivity index (χ1v) is 7.16. The number of hydrogen-bond donors (Lipinski definition) is 2. The highest BCUT2D eigenvalue weighted by Crippen LogP contribution is 2.16. The number of nitrogens with one attached hydrogen (secondary N) is 2. The van der Waals surface area contributed by atoms with Gasteiger partial charge in [-0.2, -0.15) is 0 Å². The van der Waals surface area contributed by atoms with Gasteiger partial charge >= 0.3 is 6.03 Å². The molecule has 1 atom stereocenters. The summed E-state index contributed by atoms with van der Waals surface area (Å²) in [7, 11) is 1.62. The van der Waals surface area contributed by atoms with E-state index in [2.05, 4.69) is 22.5 Å². The molecule has 20 heavy (non-hydrogen) atoms. The summed E-state index contributed by atoms with van der Waals surface area (Å²) < 4.78 is 5.08. The number of amides is 2. The van der Waals surface area contributed by atoms with Crippen LogP contribution >= 0.6 is 0 Å². The lowest BCUT2D eigenvalue weighted by molar-refractivity contribution is 0.238. The molecule has 1 heterocycles. The third-order valence-electron chi connectivity index (χ3n) is 3.75. The van der Waals surface area contributed by atoms with E-state index in [1.165, 1.54) is 6.42 Å². The third kappa shape index (κ3) is 3.87. The van der Waals surface area contributed by atoms with Gasteiger partial charge < -0.3 is 15.4 Å². The average molecular weight is 277 g/mol. The third-order valence-corrected chi connectivity index (χ3v) is 3.75. The van der Waals surface area contributed by atoms with E-state index in [0.29, 0.717) is 12.6 Å². The number of rotatable bonds is 5. The van der Waals surface area contributed by atoms with Crippen LogP contribution in [0.5, 0.6) is 5.75 Å². The Balaban J connectivity index is 1.77. The molecule has 0 aromatic heterocycles. The van der Waals surface area contributed by atoms with E-state index in [1.807, 2.05) is 24.3 Å². The van der Waals surface area contributed by atoms with Crippen molar-refractivity contribution in [3.63, 3.8) is 0 Å². The molecule has 1 aromatic rings. The molecular weight excluding hydrogens is 254 g/mol. The van der Waals surface area contributed by atoms with Crippen molar-refractivity contribution in [3.8, 4) is 5.75 Å². The lowest BCUT2D eigenvalue weighted by Crippen LogP contribution is -2.41. The topological polar surface area (TPSA) is 53.6 Å². The van der Waals surface area contributed by atoms with Gasteiger partial charge in [0, 0.05) is 18.3 Å². The summed E-state index contributed by atoms with van der Waals surface area (Å²) in [5.41, 5.74) is 0.766. The molecular formula is C15H23N3O2. The molecule has 1 aliphatic rings. The largest absolute Gasteiger partial charge is 0.497 e. The molecule has 5 nitrogen and oxygen atoms in total. The fourth-order valence-electron chi connectivity index (χ4n) is 2.60. The summed E-state index contributed by atoms with van der Waals surface area (Å²) in [6, 6.07) is 7.62. The minimum atomic E-state index is -0.155. The van der Waals surface area contributed by atoms with Crippen molar-refractivity contribution in [2.75, 3.05) is 32.1 Å². The van der Waals surface area contributed by atoms with Crippen LogP contribution in [0, 0.1) is 0 Å². The zero-order valence-electron chi connectivity index (χ0n) is 12.2. The maximum Gasteiger partial charge on any atom is 0.319 e. The lowest BCUT2D eigenvalue weighted by atomic mass is 10.2. The number of methoxy groups -OCH3 is 1. The number of carbonyl (C=O) groups is 1. The summed E-state index contributed by atoms with van der Waals surface area (Å²) >= 11 is 0. The fraction of sp³-hybridized carbons (Fsp3) is 0.533. The molecule has 1 aliphatic heterocycles. The highest BCUT2D eigenvalue weighted by molar-refractivity contribution is 5.89. The number of hydrogen-bond acceptors (Lipinski definition) is 3. The molecule has 0 aliphatic carbocycles. The second-order valence-corrected chi connectivity index (χ2v) is 4.99. The Morgan fingerprint density at radius 3 is 2.80 bits per heavy atom. The van der Waals surface area contributed by atoms with E-state index in [0.717, 1.165) is 30.9 Å².